The van der Waals surface area contributed by atoms with Gasteiger partial charge in [-0.1, -0.05) is 23.2 Å². The van der Waals surface area contributed by atoms with Crippen molar-refractivity contribution < 1.29 is 14.3 Å². The summed E-state index contributed by atoms with van der Waals surface area (Å²) < 4.78 is 11.2. The zero-order valence-electron chi connectivity index (χ0n) is 13.6. The molecule has 7 heteroatoms. The molecule has 1 aliphatic heterocycles. The van der Waals surface area contributed by atoms with E-state index in [0.717, 1.165) is 6.42 Å². The Morgan fingerprint density at radius 2 is 1.88 bits per heavy atom. The third-order valence-electron chi connectivity index (χ3n) is 3.60. The third kappa shape index (κ3) is 4.29. The Hall–Kier alpha value is -2.68. The minimum atomic E-state index is -0.530. The maximum absolute atomic E-state index is 12.3. The predicted molar refractivity (Wildman–Crippen MR) is 101 cm³/mol. The van der Waals surface area contributed by atoms with E-state index in [1.807, 2.05) is 6.07 Å². The van der Waals surface area contributed by atoms with Crippen molar-refractivity contribution in [3.8, 4) is 17.6 Å². The van der Waals surface area contributed by atoms with Crippen molar-refractivity contribution in [3.63, 3.8) is 0 Å². The highest BCUT2D eigenvalue weighted by molar-refractivity contribution is 6.32. The van der Waals surface area contributed by atoms with Gasteiger partial charge in [-0.3, -0.25) is 4.79 Å². The van der Waals surface area contributed by atoms with Crippen molar-refractivity contribution in [3.05, 3.63) is 57.6 Å². The molecule has 1 N–H and O–H groups in total. The number of carbonyl (C=O) groups excluding carboxylic acids is 1. The Morgan fingerprint density at radius 3 is 2.62 bits per heavy atom. The molecule has 0 spiro atoms. The van der Waals surface area contributed by atoms with Gasteiger partial charge < -0.3 is 14.8 Å². The molecule has 26 heavy (non-hydrogen) atoms. The van der Waals surface area contributed by atoms with Gasteiger partial charge in [-0.2, -0.15) is 5.26 Å². The van der Waals surface area contributed by atoms with E-state index in [9.17, 15) is 10.1 Å². The number of hydrogen-bond acceptors (Lipinski definition) is 4. The molecule has 1 amide bonds. The molecule has 132 valence electrons. The first-order valence-electron chi connectivity index (χ1n) is 7.84. The largest absolute Gasteiger partial charge is 0.489 e. The van der Waals surface area contributed by atoms with E-state index in [1.165, 1.54) is 6.08 Å². The van der Waals surface area contributed by atoms with E-state index in [1.54, 1.807) is 36.4 Å². The number of rotatable bonds is 3. The number of halogens is 2. The summed E-state index contributed by atoms with van der Waals surface area (Å²) in [4.78, 5) is 12.3. The fourth-order valence-electron chi connectivity index (χ4n) is 2.38. The van der Waals surface area contributed by atoms with Crippen molar-refractivity contribution in [1.82, 2.24) is 0 Å². The molecule has 0 bridgehead atoms. The predicted octanol–water partition coefficient (Wildman–Crippen LogP) is 4.70. The molecule has 0 fully saturated rings. The van der Waals surface area contributed by atoms with Crippen molar-refractivity contribution in [1.29, 1.82) is 5.26 Å². The number of fused-ring (bicyclic) bond motifs is 1. The first kappa shape index (κ1) is 18.1. The topological polar surface area (TPSA) is 71.3 Å². The average molecular weight is 389 g/mol. The number of hydrogen-bond donors (Lipinski definition) is 1. The van der Waals surface area contributed by atoms with E-state index in [4.69, 9.17) is 32.7 Å². The lowest BCUT2D eigenvalue weighted by Crippen LogP contribution is -2.13. The molecule has 0 aliphatic carbocycles. The summed E-state index contributed by atoms with van der Waals surface area (Å²) in [5.41, 5.74) is 1.05. The molecule has 0 saturated heterocycles. The van der Waals surface area contributed by atoms with Crippen molar-refractivity contribution in [2.45, 2.75) is 6.42 Å². The quantitative estimate of drug-likeness (QED) is 0.610. The van der Waals surface area contributed by atoms with E-state index >= 15 is 0 Å². The number of benzene rings is 2. The van der Waals surface area contributed by atoms with E-state index in [2.05, 4.69) is 5.32 Å². The van der Waals surface area contributed by atoms with Crippen LogP contribution in [-0.4, -0.2) is 19.1 Å². The van der Waals surface area contributed by atoms with Gasteiger partial charge in [-0.15, -0.1) is 0 Å². The Balaban J connectivity index is 1.85. The number of nitrogens with one attached hydrogen (secondary N) is 1. The Bertz CT molecular complexity index is 902. The number of nitriles is 1. The van der Waals surface area contributed by atoms with Crippen molar-refractivity contribution >= 4 is 40.9 Å². The molecule has 1 heterocycles. The average Bonchev–Trinajstić information content (AvgIpc) is 2.87. The van der Waals surface area contributed by atoms with Gasteiger partial charge in [-0.25, -0.2) is 0 Å². The van der Waals surface area contributed by atoms with Crippen molar-refractivity contribution in [2.75, 3.05) is 18.5 Å². The maximum atomic E-state index is 12.3. The van der Waals surface area contributed by atoms with Crippen LogP contribution in [0.15, 0.2) is 42.0 Å². The van der Waals surface area contributed by atoms with Gasteiger partial charge in [0.15, 0.2) is 11.5 Å². The summed E-state index contributed by atoms with van der Waals surface area (Å²) in [7, 11) is 0. The molecular formula is C19H14Cl2N2O3. The molecule has 5 nitrogen and oxygen atoms in total. The number of ether oxygens (including phenoxy) is 2. The van der Waals surface area contributed by atoms with Gasteiger partial charge in [0.2, 0.25) is 0 Å². The van der Waals surface area contributed by atoms with Crippen LogP contribution >= 0.6 is 23.2 Å². The zero-order chi connectivity index (χ0) is 18.5. The molecule has 0 atom stereocenters. The van der Waals surface area contributed by atoms with Gasteiger partial charge in [0.05, 0.1) is 18.2 Å². The lowest BCUT2D eigenvalue weighted by atomic mass is 10.1. The molecule has 0 unspecified atom stereocenters. The van der Waals surface area contributed by atoms with Gasteiger partial charge in [0, 0.05) is 17.1 Å². The summed E-state index contributed by atoms with van der Waals surface area (Å²) in [5, 5.41) is 12.9. The van der Waals surface area contributed by atoms with E-state index in [0.29, 0.717) is 46.0 Å². The van der Waals surface area contributed by atoms with Crippen LogP contribution in [0.3, 0.4) is 0 Å². The standard InChI is InChI=1S/C19H14Cl2N2O3/c20-14-2-4-15(5-3-14)23-19(24)13(11-22)8-12-9-16(21)18-17(10-12)25-6-1-7-26-18/h2-5,8-10H,1,6-7H2,(H,23,24)/b13-8+. The lowest BCUT2D eigenvalue weighted by Gasteiger charge is -2.10. The van der Waals surface area contributed by atoms with Gasteiger partial charge in [0.25, 0.3) is 5.91 Å². The highest BCUT2D eigenvalue weighted by atomic mass is 35.5. The van der Waals surface area contributed by atoms with Crippen LogP contribution in [0.1, 0.15) is 12.0 Å². The minimum Gasteiger partial charge on any atom is -0.489 e. The van der Waals surface area contributed by atoms with Crippen LogP contribution in [0.5, 0.6) is 11.5 Å². The van der Waals surface area contributed by atoms with Crippen LogP contribution in [-0.2, 0) is 4.79 Å². The lowest BCUT2D eigenvalue weighted by molar-refractivity contribution is -0.112. The molecule has 3 rings (SSSR count). The van der Waals surface area contributed by atoms with Crippen LogP contribution in [0.4, 0.5) is 5.69 Å². The highest BCUT2D eigenvalue weighted by Crippen LogP contribution is 2.38. The first-order valence-corrected chi connectivity index (χ1v) is 8.60. The van der Waals surface area contributed by atoms with E-state index < -0.39 is 5.91 Å². The molecule has 1 aliphatic rings. The van der Waals surface area contributed by atoms with Crippen LogP contribution in [0.25, 0.3) is 6.08 Å². The normalized spacial score (nSPS) is 13.5. The SMILES string of the molecule is N#C/C(=C\c1cc(Cl)c2c(c1)OCCCO2)C(=O)Nc1ccc(Cl)cc1. The molecule has 0 saturated carbocycles. The summed E-state index contributed by atoms with van der Waals surface area (Å²) >= 11 is 12.1. The second-order valence-corrected chi connectivity index (χ2v) is 6.35. The Labute approximate surface area is 160 Å². The Kier molecular flexibility index (Phi) is 5.67. The minimum absolute atomic E-state index is 0.0643. The number of carbonyl (C=O) groups is 1. The second kappa shape index (κ2) is 8.13. The van der Waals surface area contributed by atoms with Crippen LogP contribution in [0.2, 0.25) is 10.0 Å². The fourth-order valence-corrected chi connectivity index (χ4v) is 2.78. The molecule has 0 radical (unpaired) electrons. The number of anilines is 1. The summed E-state index contributed by atoms with van der Waals surface area (Å²) in [6.45, 7) is 1.04. The number of amides is 1. The van der Waals surface area contributed by atoms with Crippen molar-refractivity contribution in [2.24, 2.45) is 0 Å². The Morgan fingerprint density at radius 1 is 1.15 bits per heavy atom. The maximum Gasteiger partial charge on any atom is 0.266 e. The van der Waals surface area contributed by atoms with Gasteiger partial charge >= 0.3 is 0 Å². The summed E-state index contributed by atoms with van der Waals surface area (Å²) in [6.07, 6.45) is 2.20. The van der Waals surface area contributed by atoms with E-state index in [-0.39, 0.29) is 5.57 Å². The molecule has 0 aromatic heterocycles. The first-order chi connectivity index (χ1) is 12.6. The highest BCUT2D eigenvalue weighted by Gasteiger charge is 2.16. The van der Waals surface area contributed by atoms with Crippen LogP contribution < -0.4 is 14.8 Å². The number of nitrogens with zero attached hydrogens (tertiary/aromatic N) is 1. The zero-order valence-corrected chi connectivity index (χ0v) is 15.1. The molecule has 2 aromatic carbocycles. The monoisotopic (exact) mass is 388 g/mol. The van der Waals surface area contributed by atoms with Gasteiger partial charge in [0.1, 0.15) is 11.6 Å². The smallest absolute Gasteiger partial charge is 0.266 e. The summed E-state index contributed by atoms with van der Waals surface area (Å²) in [5.74, 6) is 0.445. The summed E-state index contributed by atoms with van der Waals surface area (Å²) in [6, 6.07) is 11.8. The molecular weight excluding hydrogens is 375 g/mol. The molecule has 2 aromatic rings. The second-order valence-electron chi connectivity index (χ2n) is 5.51. The third-order valence-corrected chi connectivity index (χ3v) is 4.14. The van der Waals surface area contributed by atoms with Gasteiger partial charge in [-0.05, 0) is 48.0 Å². The van der Waals surface area contributed by atoms with Crippen LogP contribution in [0, 0.1) is 11.3 Å². The fraction of sp³-hybridized carbons (Fsp3) is 0.158.